The maximum absolute atomic E-state index is 12.6. The summed E-state index contributed by atoms with van der Waals surface area (Å²) in [5, 5.41) is 0.151. The van der Waals surface area contributed by atoms with E-state index in [-0.39, 0.29) is 17.9 Å². The van der Waals surface area contributed by atoms with Gasteiger partial charge in [-0.2, -0.15) is 0 Å². The molecule has 0 aromatic heterocycles. The first-order valence-electron chi connectivity index (χ1n) is 9.47. The summed E-state index contributed by atoms with van der Waals surface area (Å²) in [4.78, 5) is 88.2. The van der Waals surface area contributed by atoms with Crippen LogP contribution in [0.4, 0.5) is 0 Å². The number of esters is 4. The van der Waals surface area contributed by atoms with E-state index < -0.39 is 65.6 Å². The third-order valence-electron chi connectivity index (χ3n) is 3.54. The van der Waals surface area contributed by atoms with Crippen LogP contribution in [-0.4, -0.2) is 70.6 Å². The zero-order chi connectivity index (χ0) is 24.8. The molecular weight excluding hydrogens is 434 g/mol. The predicted molar refractivity (Wildman–Crippen MR) is 99.7 cm³/mol. The van der Waals surface area contributed by atoms with Crippen LogP contribution >= 0.6 is 0 Å². The molecule has 13 heteroatoms. The van der Waals surface area contributed by atoms with Crippen molar-refractivity contribution in [3.63, 3.8) is 0 Å². The van der Waals surface area contributed by atoms with Gasteiger partial charge in [0.2, 0.25) is 12.2 Å². The molecule has 0 N–H and O–H groups in total. The molecular formula is C19H25NO12. The molecule has 0 aromatic carbocycles. The number of ether oxygens (including phenoxy) is 4. The fourth-order valence-electron chi connectivity index (χ4n) is 2.30. The average Bonchev–Trinajstić information content (AvgIpc) is 2.94. The van der Waals surface area contributed by atoms with Gasteiger partial charge >= 0.3 is 29.8 Å². The first kappa shape index (κ1) is 26.5. The summed E-state index contributed by atoms with van der Waals surface area (Å²) in [6, 6.07) is 0. The Kier molecular flexibility index (Phi) is 8.86. The van der Waals surface area contributed by atoms with Crippen LogP contribution in [0, 0.1) is 0 Å². The lowest BCUT2D eigenvalue weighted by Crippen LogP contribution is -2.50. The van der Waals surface area contributed by atoms with Gasteiger partial charge in [0.25, 0.3) is 11.8 Å². The largest absolute Gasteiger partial charge is 0.457 e. The second-order valence-electron chi connectivity index (χ2n) is 7.66. The fourth-order valence-corrected chi connectivity index (χ4v) is 2.30. The Morgan fingerprint density at radius 1 is 0.781 bits per heavy atom. The average molecular weight is 459 g/mol. The van der Waals surface area contributed by atoms with Crippen LogP contribution in [0.1, 0.15) is 54.4 Å². The van der Waals surface area contributed by atoms with Crippen molar-refractivity contribution in [1.82, 2.24) is 5.06 Å². The van der Waals surface area contributed by atoms with Crippen LogP contribution in [0.25, 0.3) is 0 Å². The summed E-state index contributed by atoms with van der Waals surface area (Å²) >= 11 is 0. The maximum Gasteiger partial charge on any atom is 0.377 e. The van der Waals surface area contributed by atoms with Gasteiger partial charge in [-0.25, -0.2) is 14.4 Å². The second kappa shape index (κ2) is 10.7. The zero-order valence-corrected chi connectivity index (χ0v) is 18.5. The molecule has 32 heavy (non-hydrogen) atoms. The van der Waals surface area contributed by atoms with Crippen LogP contribution in [0.5, 0.6) is 0 Å². The highest BCUT2D eigenvalue weighted by Crippen LogP contribution is 2.17. The van der Waals surface area contributed by atoms with E-state index in [1.807, 2.05) is 0 Å². The Balaban J connectivity index is 3.11. The molecule has 1 aliphatic rings. The van der Waals surface area contributed by atoms with Crippen LogP contribution in [-0.2, 0) is 57.3 Å². The smallest absolute Gasteiger partial charge is 0.377 e. The van der Waals surface area contributed by atoms with Crippen molar-refractivity contribution in [1.29, 1.82) is 0 Å². The molecule has 0 aromatic rings. The standard InChI is InChI=1S/C19H25NO12/c1-9(16(25)31-19(4,5)6)28-17(26)14(29-10(2)21)15(30-11(3)22)18(27)32-20-12(23)7-8-13(20)24/h9,14-15H,7-8H2,1-6H3/t9?,14-,15-/m0/s1. The van der Waals surface area contributed by atoms with Crippen molar-refractivity contribution in [3.8, 4) is 0 Å². The molecule has 2 amide bonds. The monoisotopic (exact) mass is 459 g/mol. The van der Waals surface area contributed by atoms with Gasteiger partial charge in [-0.15, -0.1) is 5.06 Å². The van der Waals surface area contributed by atoms with E-state index in [2.05, 4.69) is 4.84 Å². The molecule has 13 nitrogen and oxygen atoms in total. The Morgan fingerprint density at radius 2 is 1.22 bits per heavy atom. The molecule has 0 bridgehead atoms. The van der Waals surface area contributed by atoms with Crippen molar-refractivity contribution < 1.29 is 57.3 Å². The molecule has 0 saturated carbocycles. The molecule has 0 spiro atoms. The quantitative estimate of drug-likeness (QED) is 0.265. The van der Waals surface area contributed by atoms with Crippen molar-refractivity contribution in [2.45, 2.75) is 78.3 Å². The molecule has 1 unspecified atom stereocenters. The highest BCUT2D eigenvalue weighted by atomic mass is 16.7. The normalized spacial score (nSPS) is 16.5. The number of amides is 2. The van der Waals surface area contributed by atoms with Gasteiger partial charge in [0.05, 0.1) is 0 Å². The number of imide groups is 1. The summed E-state index contributed by atoms with van der Waals surface area (Å²) in [5.41, 5.74) is -0.897. The lowest BCUT2D eigenvalue weighted by Gasteiger charge is -2.26. The molecule has 1 saturated heterocycles. The molecule has 1 rings (SSSR count). The SMILES string of the molecule is CC(=O)O[C@H](C(=O)OC(C)C(=O)OC(C)(C)C)[C@H](OC(C)=O)C(=O)ON1C(=O)CCC1=O. The minimum Gasteiger partial charge on any atom is -0.457 e. The lowest BCUT2D eigenvalue weighted by molar-refractivity contribution is -0.214. The van der Waals surface area contributed by atoms with Crippen molar-refractivity contribution >= 4 is 41.7 Å². The first-order chi connectivity index (χ1) is 14.6. The van der Waals surface area contributed by atoms with Gasteiger partial charge in [-0.1, -0.05) is 0 Å². The summed E-state index contributed by atoms with van der Waals surface area (Å²) in [5.74, 6) is -7.78. The van der Waals surface area contributed by atoms with Gasteiger partial charge in [0.1, 0.15) is 5.60 Å². The minimum atomic E-state index is -2.24. The van der Waals surface area contributed by atoms with E-state index in [1.165, 1.54) is 0 Å². The third kappa shape index (κ3) is 7.96. The Morgan fingerprint density at radius 3 is 1.62 bits per heavy atom. The second-order valence-corrected chi connectivity index (χ2v) is 7.66. The van der Waals surface area contributed by atoms with Crippen LogP contribution in [0.15, 0.2) is 0 Å². The van der Waals surface area contributed by atoms with E-state index in [9.17, 15) is 33.6 Å². The van der Waals surface area contributed by atoms with Gasteiger partial charge < -0.3 is 23.8 Å². The van der Waals surface area contributed by atoms with Gasteiger partial charge in [-0.3, -0.25) is 19.2 Å². The topological polar surface area (TPSA) is 169 Å². The highest BCUT2D eigenvalue weighted by Gasteiger charge is 2.45. The molecule has 178 valence electrons. The Labute approximate surface area is 183 Å². The predicted octanol–water partition coefficient (Wildman–Crippen LogP) is -0.270. The van der Waals surface area contributed by atoms with Gasteiger partial charge in [0, 0.05) is 26.7 Å². The van der Waals surface area contributed by atoms with E-state index >= 15 is 0 Å². The van der Waals surface area contributed by atoms with Crippen molar-refractivity contribution in [3.05, 3.63) is 0 Å². The zero-order valence-electron chi connectivity index (χ0n) is 18.5. The summed E-state index contributed by atoms with van der Waals surface area (Å²) in [6.45, 7) is 7.67. The molecule has 1 aliphatic heterocycles. The summed E-state index contributed by atoms with van der Waals surface area (Å²) < 4.78 is 19.5. The van der Waals surface area contributed by atoms with E-state index in [1.54, 1.807) is 20.8 Å². The highest BCUT2D eigenvalue weighted by molar-refractivity contribution is 6.02. The van der Waals surface area contributed by atoms with Crippen molar-refractivity contribution in [2.24, 2.45) is 0 Å². The van der Waals surface area contributed by atoms with E-state index in [0.29, 0.717) is 0 Å². The first-order valence-corrected chi connectivity index (χ1v) is 9.47. The number of carbonyl (C=O) groups is 7. The number of rotatable bonds is 8. The van der Waals surface area contributed by atoms with Gasteiger partial charge in [0.15, 0.2) is 6.10 Å². The van der Waals surface area contributed by atoms with E-state index in [0.717, 1.165) is 20.8 Å². The van der Waals surface area contributed by atoms with Crippen LogP contribution in [0.3, 0.4) is 0 Å². The maximum atomic E-state index is 12.6. The summed E-state index contributed by atoms with van der Waals surface area (Å²) in [6.07, 6.45) is -6.37. The molecule has 1 heterocycles. The molecule has 1 fully saturated rings. The third-order valence-corrected chi connectivity index (χ3v) is 3.54. The van der Waals surface area contributed by atoms with Crippen molar-refractivity contribution in [2.75, 3.05) is 0 Å². The van der Waals surface area contributed by atoms with Gasteiger partial charge in [-0.05, 0) is 27.7 Å². The van der Waals surface area contributed by atoms with Crippen LogP contribution in [0.2, 0.25) is 0 Å². The Bertz CT molecular complexity index is 796. The van der Waals surface area contributed by atoms with Crippen LogP contribution < -0.4 is 0 Å². The number of hydrogen-bond donors (Lipinski definition) is 0. The molecule has 0 aliphatic carbocycles. The number of nitrogens with zero attached hydrogens (tertiary/aromatic N) is 1. The molecule has 0 radical (unpaired) electrons. The minimum absolute atomic E-state index is 0.151. The lowest BCUT2D eigenvalue weighted by atomic mass is 10.2. The molecule has 3 atom stereocenters. The number of hydroxylamine groups is 2. The number of carbonyl (C=O) groups excluding carboxylic acids is 7. The van der Waals surface area contributed by atoms with E-state index in [4.69, 9.17) is 18.9 Å². The Hall–Kier alpha value is -3.51. The fraction of sp³-hybridized carbons (Fsp3) is 0.632. The number of hydrogen-bond acceptors (Lipinski definition) is 12. The summed E-state index contributed by atoms with van der Waals surface area (Å²) in [7, 11) is 0.